The number of rotatable bonds is 5. The molecule has 1 atom stereocenters. The first kappa shape index (κ1) is 15.0. The van der Waals surface area contributed by atoms with Crippen molar-refractivity contribution < 1.29 is 9.59 Å². The van der Waals surface area contributed by atoms with Gasteiger partial charge in [-0.25, -0.2) is 0 Å². The van der Waals surface area contributed by atoms with Gasteiger partial charge >= 0.3 is 0 Å². The van der Waals surface area contributed by atoms with E-state index in [4.69, 9.17) is 11.5 Å². The van der Waals surface area contributed by atoms with Gasteiger partial charge in [-0.15, -0.1) is 0 Å². The van der Waals surface area contributed by atoms with E-state index in [1.165, 1.54) is 0 Å². The van der Waals surface area contributed by atoms with E-state index in [-0.39, 0.29) is 18.4 Å². The van der Waals surface area contributed by atoms with Gasteiger partial charge in [-0.05, 0) is 38.5 Å². The Morgan fingerprint density at radius 2 is 1.94 bits per heavy atom. The number of amides is 2. The van der Waals surface area contributed by atoms with Crippen LogP contribution in [0.4, 0.5) is 0 Å². The van der Waals surface area contributed by atoms with Crippen molar-refractivity contribution >= 4 is 11.8 Å². The molecule has 0 heterocycles. The monoisotopic (exact) mass is 255 g/mol. The smallest absolute Gasteiger partial charge is 0.227 e. The predicted octanol–water partition coefficient (Wildman–Crippen LogP) is 0.522. The minimum absolute atomic E-state index is 0.0225. The topological polar surface area (TPSA) is 98.2 Å². The van der Waals surface area contributed by atoms with Gasteiger partial charge in [0, 0.05) is 19.0 Å². The Morgan fingerprint density at radius 1 is 1.39 bits per heavy atom. The first-order valence-corrected chi connectivity index (χ1v) is 6.69. The molecule has 0 aromatic rings. The Bertz CT molecular complexity index is 309. The zero-order valence-electron chi connectivity index (χ0n) is 11.4. The second kappa shape index (κ2) is 6.18. The highest BCUT2D eigenvalue weighted by molar-refractivity contribution is 5.84. The van der Waals surface area contributed by atoms with Crippen molar-refractivity contribution in [1.82, 2.24) is 5.32 Å². The molecule has 5 nitrogen and oxygen atoms in total. The summed E-state index contributed by atoms with van der Waals surface area (Å²) in [4.78, 5) is 23.1. The normalized spacial score (nSPS) is 29.6. The number of hydrogen-bond donors (Lipinski definition) is 3. The number of hydrogen-bond acceptors (Lipinski definition) is 3. The fraction of sp³-hybridized carbons (Fsp3) is 0.846. The van der Waals surface area contributed by atoms with Crippen LogP contribution in [0.1, 0.15) is 46.0 Å². The van der Waals surface area contributed by atoms with Crippen LogP contribution in [0.15, 0.2) is 0 Å². The quantitative estimate of drug-likeness (QED) is 0.668. The van der Waals surface area contributed by atoms with Gasteiger partial charge in [0.2, 0.25) is 11.8 Å². The summed E-state index contributed by atoms with van der Waals surface area (Å²) in [5.74, 6) is 0.244. The van der Waals surface area contributed by atoms with Crippen molar-refractivity contribution in [2.75, 3.05) is 6.54 Å². The third kappa shape index (κ3) is 3.70. The standard InChI is InChI=1S/C13H25N3O2/c1-9-3-5-13(8-14,6-4-9)12(18)16-10(2)7-11(15)17/h9-10H,3-8,14H2,1-2H3,(H2,15,17)(H,16,18). The number of nitrogens with two attached hydrogens (primary N) is 2. The molecular weight excluding hydrogens is 230 g/mol. The van der Waals surface area contributed by atoms with E-state index in [1.807, 2.05) is 0 Å². The minimum Gasteiger partial charge on any atom is -0.370 e. The van der Waals surface area contributed by atoms with Crippen LogP contribution in [0.25, 0.3) is 0 Å². The van der Waals surface area contributed by atoms with Crippen LogP contribution in [0.2, 0.25) is 0 Å². The molecule has 18 heavy (non-hydrogen) atoms. The molecule has 0 aliphatic heterocycles. The maximum atomic E-state index is 12.3. The summed E-state index contributed by atoms with van der Waals surface area (Å²) >= 11 is 0. The van der Waals surface area contributed by atoms with Crippen molar-refractivity contribution in [2.45, 2.75) is 52.0 Å². The molecular formula is C13H25N3O2. The number of primary amides is 1. The molecule has 0 radical (unpaired) electrons. The van der Waals surface area contributed by atoms with E-state index < -0.39 is 11.3 Å². The fourth-order valence-corrected chi connectivity index (χ4v) is 2.57. The van der Waals surface area contributed by atoms with E-state index in [0.717, 1.165) is 25.7 Å². The van der Waals surface area contributed by atoms with Crippen LogP contribution in [0, 0.1) is 11.3 Å². The van der Waals surface area contributed by atoms with Crippen LogP contribution < -0.4 is 16.8 Å². The van der Waals surface area contributed by atoms with Crippen LogP contribution in [0.3, 0.4) is 0 Å². The summed E-state index contributed by atoms with van der Waals surface area (Å²) in [6.07, 6.45) is 3.91. The number of carbonyl (C=O) groups is 2. The lowest BCUT2D eigenvalue weighted by molar-refractivity contribution is -0.133. The molecule has 1 aliphatic rings. The number of carbonyl (C=O) groups excluding carboxylic acids is 2. The average molecular weight is 255 g/mol. The summed E-state index contributed by atoms with van der Waals surface area (Å²) < 4.78 is 0. The van der Waals surface area contributed by atoms with Gasteiger partial charge in [-0.3, -0.25) is 9.59 Å². The average Bonchev–Trinajstić information content (AvgIpc) is 2.29. The number of nitrogens with one attached hydrogen (secondary N) is 1. The molecule has 0 bridgehead atoms. The summed E-state index contributed by atoms with van der Waals surface area (Å²) in [6, 6.07) is -0.224. The molecule has 1 unspecified atom stereocenters. The third-order valence-corrected chi connectivity index (χ3v) is 3.99. The van der Waals surface area contributed by atoms with Crippen molar-refractivity contribution in [2.24, 2.45) is 22.8 Å². The molecule has 5 heteroatoms. The first-order chi connectivity index (χ1) is 8.39. The third-order valence-electron chi connectivity index (χ3n) is 3.99. The highest BCUT2D eigenvalue weighted by Crippen LogP contribution is 2.38. The predicted molar refractivity (Wildman–Crippen MR) is 70.5 cm³/mol. The summed E-state index contributed by atoms with van der Waals surface area (Å²) in [6.45, 7) is 4.36. The van der Waals surface area contributed by atoms with Crippen LogP contribution in [-0.4, -0.2) is 24.4 Å². The SMILES string of the molecule is CC1CCC(CN)(C(=O)NC(C)CC(N)=O)CC1. The maximum absolute atomic E-state index is 12.3. The van der Waals surface area contributed by atoms with Gasteiger partial charge in [-0.2, -0.15) is 0 Å². The molecule has 0 aromatic heterocycles. The van der Waals surface area contributed by atoms with E-state index in [1.54, 1.807) is 6.92 Å². The van der Waals surface area contributed by atoms with E-state index in [0.29, 0.717) is 12.5 Å². The van der Waals surface area contributed by atoms with Gasteiger partial charge in [0.15, 0.2) is 0 Å². The molecule has 0 saturated heterocycles. The van der Waals surface area contributed by atoms with Crippen LogP contribution in [0.5, 0.6) is 0 Å². The molecule has 1 fully saturated rings. The van der Waals surface area contributed by atoms with E-state index >= 15 is 0 Å². The lowest BCUT2D eigenvalue weighted by Gasteiger charge is -2.37. The van der Waals surface area contributed by atoms with Crippen molar-refractivity contribution in [3.8, 4) is 0 Å². The Hall–Kier alpha value is -1.10. The zero-order chi connectivity index (χ0) is 13.8. The van der Waals surface area contributed by atoms with Gasteiger partial charge in [0.25, 0.3) is 0 Å². The van der Waals surface area contributed by atoms with Crippen molar-refractivity contribution in [3.05, 3.63) is 0 Å². The summed E-state index contributed by atoms with van der Waals surface area (Å²) in [5.41, 5.74) is 10.5. The zero-order valence-corrected chi connectivity index (χ0v) is 11.4. The Balaban J connectivity index is 2.59. The minimum atomic E-state index is -0.446. The summed E-state index contributed by atoms with van der Waals surface area (Å²) in [5, 5.41) is 2.87. The van der Waals surface area contributed by atoms with Crippen molar-refractivity contribution in [3.63, 3.8) is 0 Å². The first-order valence-electron chi connectivity index (χ1n) is 6.69. The Morgan fingerprint density at radius 3 is 2.39 bits per heavy atom. The van der Waals surface area contributed by atoms with Gasteiger partial charge in [0.1, 0.15) is 0 Å². The van der Waals surface area contributed by atoms with Gasteiger partial charge in [0.05, 0.1) is 5.41 Å². The molecule has 0 spiro atoms. The van der Waals surface area contributed by atoms with Gasteiger partial charge < -0.3 is 16.8 Å². The Kier molecular flexibility index (Phi) is 5.14. The second-order valence-corrected chi connectivity index (χ2v) is 5.71. The van der Waals surface area contributed by atoms with Crippen molar-refractivity contribution in [1.29, 1.82) is 0 Å². The molecule has 1 rings (SSSR count). The highest BCUT2D eigenvalue weighted by atomic mass is 16.2. The highest BCUT2D eigenvalue weighted by Gasteiger charge is 2.40. The molecule has 104 valence electrons. The largest absolute Gasteiger partial charge is 0.370 e. The molecule has 5 N–H and O–H groups in total. The molecule has 2 amide bonds. The lowest BCUT2D eigenvalue weighted by atomic mass is 9.70. The molecule has 1 saturated carbocycles. The summed E-state index contributed by atoms with van der Waals surface area (Å²) in [7, 11) is 0. The van der Waals surface area contributed by atoms with E-state index in [2.05, 4.69) is 12.2 Å². The maximum Gasteiger partial charge on any atom is 0.227 e. The molecule has 0 aromatic carbocycles. The van der Waals surface area contributed by atoms with Gasteiger partial charge in [-0.1, -0.05) is 6.92 Å². The Labute approximate surface area is 109 Å². The van der Waals surface area contributed by atoms with Crippen LogP contribution >= 0.6 is 0 Å². The van der Waals surface area contributed by atoms with E-state index in [9.17, 15) is 9.59 Å². The lowest BCUT2D eigenvalue weighted by Crippen LogP contribution is -2.50. The molecule has 1 aliphatic carbocycles. The second-order valence-electron chi connectivity index (χ2n) is 5.71. The fourth-order valence-electron chi connectivity index (χ4n) is 2.57. The van der Waals surface area contributed by atoms with Crippen LogP contribution in [-0.2, 0) is 9.59 Å².